The summed E-state index contributed by atoms with van der Waals surface area (Å²) in [5.41, 5.74) is 2.33. The molecule has 7 nitrogen and oxygen atoms in total. The summed E-state index contributed by atoms with van der Waals surface area (Å²) < 4.78 is 0. The highest BCUT2D eigenvalue weighted by molar-refractivity contribution is 5.95. The van der Waals surface area contributed by atoms with E-state index in [9.17, 15) is 9.59 Å². The largest absolute Gasteiger partial charge is 0.356 e. The van der Waals surface area contributed by atoms with Crippen LogP contribution in [-0.4, -0.2) is 61.9 Å². The molecule has 4 rings (SSSR count). The predicted molar refractivity (Wildman–Crippen MR) is 123 cm³/mol. The Morgan fingerprint density at radius 1 is 1.13 bits per heavy atom. The first-order valence-corrected chi connectivity index (χ1v) is 11.8. The molecule has 3 aliphatic rings. The monoisotopic (exact) mass is 425 g/mol. The zero-order valence-corrected chi connectivity index (χ0v) is 18.6. The first-order valence-electron chi connectivity index (χ1n) is 11.8. The molecule has 0 aromatic heterocycles. The lowest BCUT2D eigenvalue weighted by Crippen LogP contribution is -2.45. The Kier molecular flexibility index (Phi) is 7.10. The molecule has 2 aliphatic heterocycles. The van der Waals surface area contributed by atoms with Crippen molar-refractivity contribution in [1.82, 2.24) is 15.5 Å². The van der Waals surface area contributed by atoms with Crippen molar-refractivity contribution in [2.24, 2.45) is 10.9 Å². The molecule has 2 fully saturated rings. The molecule has 0 bridgehead atoms. The number of amides is 2. The molecule has 2 amide bonds. The van der Waals surface area contributed by atoms with Crippen LogP contribution in [0, 0.1) is 5.92 Å². The van der Waals surface area contributed by atoms with Gasteiger partial charge in [0, 0.05) is 57.3 Å². The second kappa shape index (κ2) is 10.2. The lowest BCUT2D eigenvalue weighted by molar-refractivity contribution is -0.134. The highest BCUT2D eigenvalue weighted by Crippen LogP contribution is 2.28. The fraction of sp³-hybridized carbons (Fsp3) is 0.625. The molecule has 1 aromatic carbocycles. The van der Waals surface area contributed by atoms with Gasteiger partial charge in [0.1, 0.15) is 0 Å². The minimum atomic E-state index is 0.187. The number of carbonyl (C=O) groups excluding carboxylic acids is 2. The molecule has 1 aromatic rings. The Morgan fingerprint density at radius 2 is 1.94 bits per heavy atom. The summed E-state index contributed by atoms with van der Waals surface area (Å²) in [5.74, 6) is 1.52. The van der Waals surface area contributed by atoms with E-state index in [1.54, 1.807) is 7.05 Å². The molecule has 2 heterocycles. The van der Waals surface area contributed by atoms with Crippen molar-refractivity contribution in [2.45, 2.75) is 57.4 Å². The molecule has 1 unspecified atom stereocenters. The normalized spacial score (nSPS) is 21.5. The van der Waals surface area contributed by atoms with Crippen molar-refractivity contribution in [1.29, 1.82) is 0 Å². The standard InChI is InChI=1S/C24H35N5O2/c1-25-24(27-20-13-15-28(17-20)23(31)19-8-2-3-9-19)26-14-6-11-22(30)29-16-12-18-7-4-5-10-21(18)29/h4-5,7,10,19-20H,2-3,6,8-9,11-17H2,1H3,(H2,25,26,27). The van der Waals surface area contributed by atoms with Crippen LogP contribution in [0.4, 0.5) is 5.69 Å². The van der Waals surface area contributed by atoms with Gasteiger partial charge in [0.15, 0.2) is 5.96 Å². The van der Waals surface area contributed by atoms with Crippen molar-refractivity contribution < 1.29 is 9.59 Å². The number of nitrogens with zero attached hydrogens (tertiary/aromatic N) is 3. The predicted octanol–water partition coefficient (Wildman–Crippen LogP) is 2.31. The van der Waals surface area contributed by atoms with Gasteiger partial charge in [-0.3, -0.25) is 14.6 Å². The Bertz CT molecular complexity index is 818. The highest BCUT2D eigenvalue weighted by atomic mass is 16.2. The maximum Gasteiger partial charge on any atom is 0.227 e. The van der Waals surface area contributed by atoms with Crippen molar-refractivity contribution in [3.05, 3.63) is 29.8 Å². The van der Waals surface area contributed by atoms with Gasteiger partial charge in [0.25, 0.3) is 0 Å². The first kappa shape index (κ1) is 21.7. The summed E-state index contributed by atoms with van der Waals surface area (Å²) in [6, 6.07) is 8.40. The third kappa shape index (κ3) is 5.20. The van der Waals surface area contributed by atoms with Crippen LogP contribution < -0.4 is 15.5 Å². The van der Waals surface area contributed by atoms with Gasteiger partial charge in [-0.05, 0) is 43.7 Å². The second-order valence-corrected chi connectivity index (χ2v) is 8.92. The van der Waals surface area contributed by atoms with Crippen LogP contribution in [-0.2, 0) is 16.0 Å². The zero-order chi connectivity index (χ0) is 21.6. The molecule has 1 saturated heterocycles. The Morgan fingerprint density at radius 3 is 2.74 bits per heavy atom. The molecule has 1 atom stereocenters. The van der Waals surface area contributed by atoms with E-state index < -0.39 is 0 Å². The van der Waals surface area contributed by atoms with Gasteiger partial charge in [0.2, 0.25) is 11.8 Å². The van der Waals surface area contributed by atoms with E-state index in [2.05, 4.69) is 21.7 Å². The topological polar surface area (TPSA) is 77.0 Å². The van der Waals surface area contributed by atoms with Crippen LogP contribution in [0.2, 0.25) is 0 Å². The number of benzene rings is 1. The number of carbonyl (C=O) groups is 2. The molecule has 0 spiro atoms. The molecule has 168 valence electrons. The molecule has 2 N–H and O–H groups in total. The van der Waals surface area contributed by atoms with Crippen LogP contribution in [0.5, 0.6) is 0 Å². The average Bonchev–Trinajstić information content (AvgIpc) is 3.55. The summed E-state index contributed by atoms with van der Waals surface area (Å²) in [4.78, 5) is 33.5. The number of hydrogen-bond donors (Lipinski definition) is 2. The molecule has 31 heavy (non-hydrogen) atoms. The summed E-state index contributed by atoms with van der Waals surface area (Å²) in [6.07, 6.45) is 7.66. The van der Waals surface area contributed by atoms with E-state index in [0.717, 1.165) is 63.4 Å². The quantitative estimate of drug-likeness (QED) is 0.417. The van der Waals surface area contributed by atoms with Crippen molar-refractivity contribution >= 4 is 23.5 Å². The lowest BCUT2D eigenvalue weighted by atomic mass is 10.1. The summed E-state index contributed by atoms with van der Waals surface area (Å²) in [5, 5.41) is 6.77. The smallest absolute Gasteiger partial charge is 0.227 e. The van der Waals surface area contributed by atoms with Crippen LogP contribution in [0.3, 0.4) is 0 Å². The van der Waals surface area contributed by atoms with Gasteiger partial charge in [-0.25, -0.2) is 0 Å². The average molecular weight is 426 g/mol. The number of hydrogen-bond acceptors (Lipinski definition) is 3. The Labute approximate surface area is 185 Å². The minimum Gasteiger partial charge on any atom is -0.356 e. The van der Waals surface area contributed by atoms with Crippen LogP contribution >= 0.6 is 0 Å². The van der Waals surface area contributed by atoms with Gasteiger partial charge in [-0.15, -0.1) is 0 Å². The molecule has 1 aliphatic carbocycles. The number of guanidine groups is 1. The maximum atomic E-state index is 12.6. The highest BCUT2D eigenvalue weighted by Gasteiger charge is 2.32. The Balaban J connectivity index is 1.16. The van der Waals surface area contributed by atoms with Crippen molar-refractivity contribution in [3.63, 3.8) is 0 Å². The van der Waals surface area contributed by atoms with Crippen molar-refractivity contribution in [2.75, 3.05) is 38.1 Å². The first-order chi connectivity index (χ1) is 15.2. The second-order valence-electron chi connectivity index (χ2n) is 8.92. The number of likely N-dealkylation sites (tertiary alicyclic amines) is 1. The summed E-state index contributed by atoms with van der Waals surface area (Å²) in [7, 11) is 1.76. The third-order valence-corrected chi connectivity index (χ3v) is 6.82. The number of fused-ring (bicyclic) bond motifs is 1. The molecule has 1 saturated carbocycles. The van der Waals surface area contributed by atoms with Gasteiger partial charge < -0.3 is 20.4 Å². The minimum absolute atomic E-state index is 0.187. The summed E-state index contributed by atoms with van der Waals surface area (Å²) >= 11 is 0. The molecular formula is C24H35N5O2. The van der Waals surface area contributed by atoms with Crippen LogP contribution in [0.15, 0.2) is 29.3 Å². The third-order valence-electron chi connectivity index (χ3n) is 6.82. The number of para-hydroxylation sites is 1. The van der Waals surface area contributed by atoms with Crippen LogP contribution in [0.1, 0.15) is 50.5 Å². The summed E-state index contributed by atoms with van der Waals surface area (Å²) in [6.45, 7) is 3.06. The zero-order valence-electron chi connectivity index (χ0n) is 18.6. The SMILES string of the molecule is CN=C(NCCCC(=O)N1CCc2ccccc21)NC1CCN(C(=O)C2CCCC2)C1. The lowest BCUT2D eigenvalue weighted by Gasteiger charge is -2.21. The van der Waals surface area contributed by atoms with Crippen LogP contribution in [0.25, 0.3) is 0 Å². The van der Waals surface area contributed by atoms with Gasteiger partial charge in [-0.1, -0.05) is 31.0 Å². The fourth-order valence-electron chi connectivity index (χ4n) is 5.08. The van der Waals surface area contributed by atoms with E-state index in [0.29, 0.717) is 18.9 Å². The molecule has 0 radical (unpaired) electrons. The van der Waals surface area contributed by atoms with Crippen molar-refractivity contribution in [3.8, 4) is 0 Å². The fourth-order valence-corrected chi connectivity index (χ4v) is 5.08. The van der Waals surface area contributed by atoms with E-state index >= 15 is 0 Å². The number of aliphatic imine (C=N–C) groups is 1. The Hall–Kier alpha value is -2.57. The van der Waals surface area contributed by atoms with Gasteiger partial charge in [-0.2, -0.15) is 0 Å². The number of rotatable bonds is 6. The number of nitrogens with one attached hydrogen (secondary N) is 2. The molecular weight excluding hydrogens is 390 g/mol. The maximum absolute atomic E-state index is 12.6. The molecule has 7 heteroatoms. The van der Waals surface area contributed by atoms with E-state index in [4.69, 9.17) is 0 Å². The van der Waals surface area contributed by atoms with Gasteiger partial charge >= 0.3 is 0 Å². The van der Waals surface area contributed by atoms with E-state index in [-0.39, 0.29) is 17.9 Å². The van der Waals surface area contributed by atoms with Gasteiger partial charge in [0.05, 0.1) is 0 Å². The number of anilines is 1. The van der Waals surface area contributed by atoms with E-state index in [1.165, 1.54) is 18.4 Å². The van der Waals surface area contributed by atoms with E-state index in [1.807, 2.05) is 28.0 Å².